The Hall–Kier alpha value is -1.14. The van der Waals surface area contributed by atoms with Crippen LogP contribution < -0.4 is 5.32 Å². The summed E-state index contributed by atoms with van der Waals surface area (Å²) in [6.45, 7) is 0.629. The highest BCUT2D eigenvalue weighted by Crippen LogP contribution is 2.19. The molecule has 2 aromatic rings. The average Bonchev–Trinajstić information content (AvgIpc) is 2.86. The van der Waals surface area contributed by atoms with Crippen LogP contribution in [0.3, 0.4) is 0 Å². The number of aryl methyl sites for hydroxylation is 1. The molecule has 6 heteroatoms. The van der Waals surface area contributed by atoms with Crippen molar-refractivity contribution in [1.29, 1.82) is 0 Å². The quantitative estimate of drug-likeness (QED) is 0.774. The SMILES string of the molecule is O=C(NCCCc1ncc[nH]1)c1cc(Br)cc(Br)c1. The standard InChI is InChI=1S/C13H13Br2N3O/c14-10-6-9(7-11(15)8-10)13(19)18-3-1-2-12-16-4-5-17-12/h4-8H,1-3H2,(H,16,17)(H,18,19). The molecule has 0 radical (unpaired) electrons. The molecule has 100 valence electrons. The number of nitrogens with one attached hydrogen (secondary N) is 2. The molecule has 0 aliphatic rings. The molecule has 1 aromatic heterocycles. The minimum atomic E-state index is -0.0681. The van der Waals surface area contributed by atoms with Crippen LogP contribution >= 0.6 is 31.9 Å². The monoisotopic (exact) mass is 385 g/mol. The molecular weight excluding hydrogens is 374 g/mol. The number of nitrogens with zero attached hydrogens (tertiary/aromatic N) is 1. The highest BCUT2D eigenvalue weighted by Gasteiger charge is 2.07. The molecule has 0 spiro atoms. The van der Waals surface area contributed by atoms with E-state index >= 15 is 0 Å². The number of amides is 1. The molecule has 1 amide bonds. The van der Waals surface area contributed by atoms with Gasteiger partial charge in [-0.15, -0.1) is 0 Å². The summed E-state index contributed by atoms with van der Waals surface area (Å²) < 4.78 is 1.75. The molecule has 0 aliphatic heterocycles. The van der Waals surface area contributed by atoms with Gasteiger partial charge in [0.1, 0.15) is 5.82 Å². The zero-order valence-electron chi connectivity index (χ0n) is 10.1. The second-order valence-electron chi connectivity index (χ2n) is 4.05. The molecule has 2 rings (SSSR count). The van der Waals surface area contributed by atoms with E-state index in [0.29, 0.717) is 12.1 Å². The highest BCUT2D eigenvalue weighted by atomic mass is 79.9. The Morgan fingerprint density at radius 3 is 2.63 bits per heavy atom. The van der Waals surface area contributed by atoms with Gasteiger partial charge in [-0.1, -0.05) is 31.9 Å². The molecule has 0 saturated carbocycles. The van der Waals surface area contributed by atoms with Gasteiger partial charge < -0.3 is 10.3 Å². The first-order chi connectivity index (χ1) is 9.15. The fourth-order valence-electron chi connectivity index (χ4n) is 1.68. The number of rotatable bonds is 5. The molecule has 0 aliphatic carbocycles. The van der Waals surface area contributed by atoms with Crippen LogP contribution in [0.2, 0.25) is 0 Å². The molecule has 4 nitrogen and oxygen atoms in total. The maximum Gasteiger partial charge on any atom is 0.251 e. The lowest BCUT2D eigenvalue weighted by atomic mass is 10.2. The summed E-state index contributed by atoms with van der Waals surface area (Å²) in [6, 6.07) is 5.49. The Bertz CT molecular complexity index is 535. The van der Waals surface area contributed by atoms with Crippen molar-refractivity contribution in [2.45, 2.75) is 12.8 Å². The van der Waals surface area contributed by atoms with Crippen molar-refractivity contribution in [3.8, 4) is 0 Å². The summed E-state index contributed by atoms with van der Waals surface area (Å²) >= 11 is 6.73. The fraction of sp³-hybridized carbons (Fsp3) is 0.231. The third-order valence-corrected chi connectivity index (χ3v) is 3.47. The van der Waals surface area contributed by atoms with Crippen molar-refractivity contribution >= 4 is 37.8 Å². The first kappa shape index (κ1) is 14.3. The number of H-pyrrole nitrogens is 1. The molecule has 1 aromatic carbocycles. The Morgan fingerprint density at radius 2 is 2.00 bits per heavy atom. The van der Waals surface area contributed by atoms with Gasteiger partial charge in [0.15, 0.2) is 0 Å². The van der Waals surface area contributed by atoms with Gasteiger partial charge in [-0.05, 0) is 24.6 Å². The molecule has 19 heavy (non-hydrogen) atoms. The van der Waals surface area contributed by atoms with Crippen molar-refractivity contribution in [2.24, 2.45) is 0 Å². The molecule has 0 bridgehead atoms. The van der Waals surface area contributed by atoms with Crippen molar-refractivity contribution < 1.29 is 4.79 Å². The van der Waals surface area contributed by atoms with Gasteiger partial charge in [-0.3, -0.25) is 4.79 Å². The van der Waals surface area contributed by atoms with E-state index in [1.807, 2.05) is 6.07 Å². The van der Waals surface area contributed by atoms with E-state index in [9.17, 15) is 4.79 Å². The van der Waals surface area contributed by atoms with Gasteiger partial charge in [0.05, 0.1) is 0 Å². The van der Waals surface area contributed by atoms with Crippen molar-refractivity contribution in [3.63, 3.8) is 0 Å². The van der Waals surface area contributed by atoms with Crippen molar-refractivity contribution in [1.82, 2.24) is 15.3 Å². The molecule has 0 fully saturated rings. The average molecular weight is 387 g/mol. The van der Waals surface area contributed by atoms with Crippen LogP contribution in [0.25, 0.3) is 0 Å². The van der Waals surface area contributed by atoms with Gasteiger partial charge in [0.2, 0.25) is 0 Å². The third-order valence-electron chi connectivity index (χ3n) is 2.56. The Balaban J connectivity index is 1.80. The van der Waals surface area contributed by atoms with Crippen LogP contribution in [0, 0.1) is 0 Å². The maximum absolute atomic E-state index is 11.9. The summed E-state index contributed by atoms with van der Waals surface area (Å²) in [6.07, 6.45) is 5.21. The van der Waals surface area contributed by atoms with Crippen molar-refractivity contribution in [3.05, 3.63) is 50.9 Å². The van der Waals surface area contributed by atoms with Gasteiger partial charge in [-0.25, -0.2) is 4.98 Å². The van der Waals surface area contributed by atoms with Gasteiger partial charge >= 0.3 is 0 Å². The van der Waals surface area contributed by atoms with Gasteiger partial charge in [0.25, 0.3) is 5.91 Å². The molecule has 0 atom stereocenters. The summed E-state index contributed by atoms with van der Waals surface area (Å²) in [5.41, 5.74) is 0.638. The number of aromatic amines is 1. The molecule has 2 N–H and O–H groups in total. The molecule has 1 heterocycles. The number of carbonyl (C=O) groups is 1. The van der Waals surface area contributed by atoms with Crippen LogP contribution in [0.15, 0.2) is 39.5 Å². The normalized spacial score (nSPS) is 10.4. The summed E-state index contributed by atoms with van der Waals surface area (Å²) in [5, 5.41) is 2.89. The van der Waals surface area contributed by atoms with E-state index in [0.717, 1.165) is 27.6 Å². The fourth-order valence-corrected chi connectivity index (χ4v) is 2.97. The van der Waals surface area contributed by atoms with E-state index in [1.54, 1.807) is 24.5 Å². The Kier molecular flexibility index (Phi) is 5.15. The number of aromatic nitrogens is 2. The topological polar surface area (TPSA) is 57.8 Å². The predicted octanol–water partition coefficient (Wildman–Crippen LogP) is 3.30. The van der Waals surface area contributed by atoms with Crippen molar-refractivity contribution in [2.75, 3.05) is 6.54 Å². The summed E-state index contributed by atoms with van der Waals surface area (Å²) in [5.74, 6) is 0.876. The van der Waals surface area contributed by atoms with Crippen LogP contribution in [-0.4, -0.2) is 22.4 Å². The largest absolute Gasteiger partial charge is 0.352 e. The Morgan fingerprint density at radius 1 is 1.26 bits per heavy atom. The predicted molar refractivity (Wildman–Crippen MR) is 81.1 cm³/mol. The van der Waals surface area contributed by atoms with Gasteiger partial charge in [-0.2, -0.15) is 0 Å². The summed E-state index contributed by atoms with van der Waals surface area (Å²) in [7, 11) is 0. The van der Waals surface area contributed by atoms with Crippen LogP contribution in [0.5, 0.6) is 0 Å². The number of hydrogen-bond donors (Lipinski definition) is 2. The van der Waals surface area contributed by atoms with E-state index in [-0.39, 0.29) is 5.91 Å². The van der Waals surface area contributed by atoms with E-state index in [2.05, 4.69) is 47.1 Å². The minimum absolute atomic E-state index is 0.0681. The van der Waals surface area contributed by atoms with Crippen LogP contribution in [0.4, 0.5) is 0 Å². The molecule has 0 unspecified atom stereocenters. The minimum Gasteiger partial charge on any atom is -0.352 e. The zero-order valence-corrected chi connectivity index (χ0v) is 13.3. The van der Waals surface area contributed by atoms with E-state index in [1.165, 1.54) is 0 Å². The number of benzene rings is 1. The molecular formula is C13H13Br2N3O. The number of imidazole rings is 1. The lowest BCUT2D eigenvalue weighted by Crippen LogP contribution is -2.24. The van der Waals surface area contributed by atoms with E-state index < -0.39 is 0 Å². The van der Waals surface area contributed by atoms with E-state index in [4.69, 9.17) is 0 Å². The lowest BCUT2D eigenvalue weighted by Gasteiger charge is -2.05. The third kappa shape index (κ3) is 4.47. The maximum atomic E-state index is 11.9. The second kappa shape index (κ2) is 6.86. The van der Waals surface area contributed by atoms with Crippen LogP contribution in [-0.2, 0) is 6.42 Å². The number of halogens is 2. The zero-order chi connectivity index (χ0) is 13.7. The first-order valence-corrected chi connectivity index (χ1v) is 7.46. The first-order valence-electron chi connectivity index (χ1n) is 5.88. The lowest BCUT2D eigenvalue weighted by molar-refractivity contribution is 0.0953. The summed E-state index contributed by atoms with van der Waals surface area (Å²) in [4.78, 5) is 19.1. The highest BCUT2D eigenvalue weighted by molar-refractivity contribution is 9.11. The second-order valence-corrected chi connectivity index (χ2v) is 5.88. The van der Waals surface area contributed by atoms with Crippen LogP contribution in [0.1, 0.15) is 22.6 Å². The molecule has 0 saturated heterocycles. The van der Waals surface area contributed by atoms with Gasteiger partial charge in [0, 0.05) is 39.9 Å². The smallest absolute Gasteiger partial charge is 0.251 e. The number of hydrogen-bond acceptors (Lipinski definition) is 2. The Labute approximate surface area is 128 Å². The number of carbonyl (C=O) groups excluding carboxylic acids is 1.